The van der Waals surface area contributed by atoms with Crippen molar-refractivity contribution >= 4 is 11.6 Å². The summed E-state index contributed by atoms with van der Waals surface area (Å²) >= 11 is 6.46. The zero-order valence-electron chi connectivity index (χ0n) is 12.4. The summed E-state index contributed by atoms with van der Waals surface area (Å²) in [6.07, 6.45) is 0. The van der Waals surface area contributed by atoms with Gasteiger partial charge in [0.05, 0.1) is 7.11 Å². The maximum absolute atomic E-state index is 6.46. The van der Waals surface area contributed by atoms with Gasteiger partial charge in [-0.15, -0.1) is 0 Å². The Hall–Kier alpha value is -1.51. The van der Waals surface area contributed by atoms with E-state index in [1.807, 2.05) is 19.2 Å². The first-order valence-corrected chi connectivity index (χ1v) is 7.03. The standard InChI is InChI=1S/C17H20ClNO/c1-11-7-12(2)17(16(8-11)20-4)14-6-5-13(10-19-3)9-15(14)18/h5-9,19H,10H2,1-4H3. The molecular formula is C17H20ClNO. The van der Waals surface area contributed by atoms with Crippen LogP contribution in [-0.4, -0.2) is 14.2 Å². The van der Waals surface area contributed by atoms with E-state index in [9.17, 15) is 0 Å². The second kappa shape index (κ2) is 6.29. The van der Waals surface area contributed by atoms with Crippen molar-refractivity contribution < 1.29 is 4.74 Å². The van der Waals surface area contributed by atoms with Crippen LogP contribution in [0.3, 0.4) is 0 Å². The summed E-state index contributed by atoms with van der Waals surface area (Å²) < 4.78 is 5.52. The molecule has 1 N–H and O–H groups in total. The Labute approximate surface area is 125 Å². The predicted molar refractivity (Wildman–Crippen MR) is 85.7 cm³/mol. The zero-order chi connectivity index (χ0) is 14.7. The first-order chi connectivity index (χ1) is 9.56. The summed E-state index contributed by atoms with van der Waals surface area (Å²) in [5.41, 5.74) is 5.61. The summed E-state index contributed by atoms with van der Waals surface area (Å²) in [5.74, 6) is 0.866. The summed E-state index contributed by atoms with van der Waals surface area (Å²) in [6, 6.07) is 10.4. The van der Waals surface area contributed by atoms with Gasteiger partial charge in [-0.2, -0.15) is 0 Å². The van der Waals surface area contributed by atoms with Gasteiger partial charge in [0.1, 0.15) is 5.75 Å². The lowest BCUT2D eigenvalue weighted by molar-refractivity contribution is 0.416. The topological polar surface area (TPSA) is 21.3 Å². The number of hydrogen-bond donors (Lipinski definition) is 1. The highest BCUT2D eigenvalue weighted by Gasteiger charge is 2.13. The van der Waals surface area contributed by atoms with Gasteiger partial charge in [-0.25, -0.2) is 0 Å². The fraction of sp³-hybridized carbons (Fsp3) is 0.294. The van der Waals surface area contributed by atoms with Crippen LogP contribution in [0.25, 0.3) is 11.1 Å². The summed E-state index contributed by atoms with van der Waals surface area (Å²) in [5, 5.41) is 3.88. The van der Waals surface area contributed by atoms with Crippen molar-refractivity contribution in [3.8, 4) is 16.9 Å². The summed E-state index contributed by atoms with van der Waals surface area (Å²) in [7, 11) is 3.62. The number of ether oxygens (including phenoxy) is 1. The Morgan fingerprint density at radius 3 is 2.50 bits per heavy atom. The maximum atomic E-state index is 6.46. The van der Waals surface area contributed by atoms with Gasteiger partial charge >= 0.3 is 0 Å². The molecule has 20 heavy (non-hydrogen) atoms. The van der Waals surface area contributed by atoms with E-state index in [0.29, 0.717) is 0 Å². The van der Waals surface area contributed by atoms with Gasteiger partial charge in [-0.1, -0.05) is 29.8 Å². The van der Waals surface area contributed by atoms with Gasteiger partial charge in [-0.05, 0) is 49.7 Å². The minimum absolute atomic E-state index is 0.753. The fourth-order valence-corrected chi connectivity index (χ4v) is 2.81. The first-order valence-electron chi connectivity index (χ1n) is 6.65. The lowest BCUT2D eigenvalue weighted by Crippen LogP contribution is -2.04. The van der Waals surface area contributed by atoms with Crippen molar-refractivity contribution in [3.63, 3.8) is 0 Å². The van der Waals surface area contributed by atoms with Crippen LogP contribution in [0.5, 0.6) is 5.75 Å². The van der Waals surface area contributed by atoms with E-state index in [-0.39, 0.29) is 0 Å². The monoisotopic (exact) mass is 289 g/mol. The van der Waals surface area contributed by atoms with Crippen LogP contribution >= 0.6 is 11.6 Å². The number of benzene rings is 2. The Balaban J connectivity index is 2.56. The van der Waals surface area contributed by atoms with Crippen LogP contribution in [0.2, 0.25) is 5.02 Å². The van der Waals surface area contributed by atoms with Crippen molar-refractivity contribution in [1.82, 2.24) is 5.32 Å². The molecule has 0 radical (unpaired) electrons. The molecule has 0 saturated carbocycles. The Morgan fingerprint density at radius 2 is 1.90 bits per heavy atom. The maximum Gasteiger partial charge on any atom is 0.127 e. The highest BCUT2D eigenvalue weighted by atomic mass is 35.5. The highest BCUT2D eigenvalue weighted by Crippen LogP contribution is 2.38. The van der Waals surface area contributed by atoms with Gasteiger partial charge in [0.15, 0.2) is 0 Å². The summed E-state index contributed by atoms with van der Waals surface area (Å²) in [6.45, 7) is 4.96. The number of methoxy groups -OCH3 is 1. The molecule has 0 atom stereocenters. The molecule has 2 nitrogen and oxygen atoms in total. The molecule has 0 aliphatic carbocycles. The van der Waals surface area contributed by atoms with E-state index in [2.05, 4.69) is 37.4 Å². The van der Waals surface area contributed by atoms with Crippen LogP contribution in [0, 0.1) is 13.8 Å². The van der Waals surface area contributed by atoms with Gasteiger partial charge in [0.2, 0.25) is 0 Å². The normalized spacial score (nSPS) is 10.7. The molecule has 0 aliphatic heterocycles. The third-order valence-electron chi connectivity index (χ3n) is 3.35. The van der Waals surface area contributed by atoms with E-state index in [1.54, 1.807) is 7.11 Å². The number of hydrogen-bond acceptors (Lipinski definition) is 2. The third-order valence-corrected chi connectivity index (χ3v) is 3.66. The first kappa shape index (κ1) is 14.9. The molecule has 2 aromatic rings. The second-order valence-electron chi connectivity index (χ2n) is 5.00. The average molecular weight is 290 g/mol. The Morgan fingerprint density at radius 1 is 1.15 bits per heavy atom. The van der Waals surface area contributed by atoms with Crippen LogP contribution in [-0.2, 0) is 6.54 Å². The van der Waals surface area contributed by atoms with E-state index < -0.39 is 0 Å². The SMILES string of the molecule is CNCc1ccc(-c2c(C)cc(C)cc2OC)c(Cl)c1. The molecule has 2 rings (SSSR count). The summed E-state index contributed by atoms with van der Waals surface area (Å²) in [4.78, 5) is 0. The molecule has 0 spiro atoms. The lowest BCUT2D eigenvalue weighted by Gasteiger charge is -2.15. The average Bonchev–Trinajstić information content (AvgIpc) is 2.39. The fourth-order valence-electron chi connectivity index (χ4n) is 2.51. The van der Waals surface area contributed by atoms with Gasteiger partial charge in [0, 0.05) is 22.7 Å². The van der Waals surface area contributed by atoms with E-state index in [0.717, 1.165) is 28.4 Å². The number of rotatable bonds is 4. The van der Waals surface area contributed by atoms with Gasteiger partial charge in [0.25, 0.3) is 0 Å². The van der Waals surface area contributed by atoms with Crippen molar-refractivity contribution in [2.24, 2.45) is 0 Å². The van der Waals surface area contributed by atoms with Crippen LogP contribution in [0.1, 0.15) is 16.7 Å². The van der Waals surface area contributed by atoms with Crippen molar-refractivity contribution in [2.45, 2.75) is 20.4 Å². The number of nitrogens with one attached hydrogen (secondary N) is 1. The molecule has 0 aromatic heterocycles. The smallest absolute Gasteiger partial charge is 0.127 e. The Kier molecular flexibility index (Phi) is 4.69. The molecule has 2 aromatic carbocycles. The largest absolute Gasteiger partial charge is 0.496 e. The van der Waals surface area contributed by atoms with Crippen LogP contribution in [0.4, 0.5) is 0 Å². The molecule has 106 valence electrons. The molecule has 0 amide bonds. The van der Waals surface area contributed by atoms with E-state index in [4.69, 9.17) is 16.3 Å². The molecule has 0 heterocycles. The Bertz CT molecular complexity index is 623. The quantitative estimate of drug-likeness (QED) is 0.903. The van der Waals surface area contributed by atoms with Crippen LogP contribution < -0.4 is 10.1 Å². The highest BCUT2D eigenvalue weighted by molar-refractivity contribution is 6.33. The minimum Gasteiger partial charge on any atom is -0.496 e. The van der Waals surface area contributed by atoms with Crippen molar-refractivity contribution in [3.05, 3.63) is 52.0 Å². The van der Waals surface area contributed by atoms with Gasteiger partial charge < -0.3 is 10.1 Å². The minimum atomic E-state index is 0.753. The molecule has 3 heteroatoms. The third kappa shape index (κ3) is 2.97. The lowest BCUT2D eigenvalue weighted by atomic mass is 9.96. The second-order valence-corrected chi connectivity index (χ2v) is 5.41. The molecule has 0 fully saturated rings. The molecular weight excluding hydrogens is 270 g/mol. The number of halogens is 1. The molecule has 0 saturated heterocycles. The molecule has 0 bridgehead atoms. The van der Waals surface area contributed by atoms with E-state index >= 15 is 0 Å². The zero-order valence-corrected chi connectivity index (χ0v) is 13.1. The molecule has 0 unspecified atom stereocenters. The number of aryl methyl sites for hydroxylation is 2. The van der Waals surface area contributed by atoms with E-state index in [1.165, 1.54) is 16.7 Å². The van der Waals surface area contributed by atoms with Crippen LogP contribution in [0.15, 0.2) is 30.3 Å². The van der Waals surface area contributed by atoms with Gasteiger partial charge in [-0.3, -0.25) is 0 Å². The van der Waals surface area contributed by atoms with Crippen molar-refractivity contribution in [1.29, 1.82) is 0 Å². The molecule has 0 aliphatic rings. The van der Waals surface area contributed by atoms with Crippen molar-refractivity contribution in [2.75, 3.05) is 14.2 Å². The predicted octanol–water partition coefficient (Wildman–Crippen LogP) is 4.35.